The van der Waals surface area contributed by atoms with Gasteiger partial charge in [0.05, 0.1) is 0 Å². The first kappa shape index (κ1) is 16.4. The minimum atomic E-state index is -1.06. The fourth-order valence-electron chi connectivity index (χ4n) is 1.77. The smallest absolute Gasteiger partial charge is 0.328 e. The zero-order chi connectivity index (χ0) is 16.0. The third-order valence-corrected chi connectivity index (χ3v) is 2.77. The Hall–Kier alpha value is -2.63. The summed E-state index contributed by atoms with van der Waals surface area (Å²) >= 11 is 0. The second kappa shape index (κ2) is 7.23. The lowest BCUT2D eigenvalue weighted by Gasteiger charge is -2.13. The molecular weight excluding hydrogens is 272 g/mol. The van der Waals surface area contributed by atoms with Crippen LogP contribution < -0.4 is 10.6 Å². The monoisotopic (exact) mass is 290 g/mol. The van der Waals surface area contributed by atoms with Crippen molar-refractivity contribution < 1.29 is 19.5 Å². The number of amides is 2. The number of carboxylic acids is 1. The van der Waals surface area contributed by atoms with Crippen molar-refractivity contribution in [2.24, 2.45) is 0 Å². The van der Waals surface area contributed by atoms with Gasteiger partial charge in [-0.3, -0.25) is 9.59 Å². The lowest BCUT2D eigenvalue weighted by Crippen LogP contribution is -2.43. The number of carboxylic acid groups (broad SMARTS) is 1. The number of rotatable bonds is 5. The molecule has 0 heterocycles. The molecule has 1 aromatic carbocycles. The molecule has 112 valence electrons. The molecule has 0 aliphatic rings. The van der Waals surface area contributed by atoms with E-state index in [9.17, 15) is 14.4 Å². The van der Waals surface area contributed by atoms with Gasteiger partial charge >= 0.3 is 5.97 Å². The topological polar surface area (TPSA) is 95.5 Å². The molecule has 1 atom stereocenters. The summed E-state index contributed by atoms with van der Waals surface area (Å²) in [5, 5.41) is 13.6. The second-order valence-electron chi connectivity index (χ2n) is 4.61. The molecule has 21 heavy (non-hydrogen) atoms. The van der Waals surface area contributed by atoms with E-state index in [0.29, 0.717) is 11.1 Å². The van der Waals surface area contributed by atoms with Crippen molar-refractivity contribution in [3.05, 3.63) is 41.0 Å². The summed E-state index contributed by atoms with van der Waals surface area (Å²) in [6.45, 7) is 3.38. The average molecular weight is 290 g/mol. The van der Waals surface area contributed by atoms with Gasteiger partial charge in [-0.1, -0.05) is 6.07 Å². The molecule has 0 saturated carbocycles. The SMILES string of the molecule is CNC(=O)C(C)NC(=O)c1cc(C)cc(/C=C/C(=O)O)c1. The molecular formula is C15H18N2O4. The molecule has 0 radical (unpaired) electrons. The van der Waals surface area contributed by atoms with Crippen LogP contribution in [0, 0.1) is 6.92 Å². The number of nitrogens with one attached hydrogen (secondary N) is 2. The van der Waals surface area contributed by atoms with Gasteiger partial charge in [-0.15, -0.1) is 0 Å². The third-order valence-electron chi connectivity index (χ3n) is 2.77. The standard InChI is InChI=1S/C15H18N2O4/c1-9-6-11(4-5-13(18)19)8-12(7-9)15(21)17-10(2)14(20)16-3/h4-8,10H,1-3H3,(H,16,20)(H,17,21)(H,18,19)/b5-4+. The zero-order valence-electron chi connectivity index (χ0n) is 12.1. The van der Waals surface area contributed by atoms with E-state index in [-0.39, 0.29) is 11.8 Å². The van der Waals surface area contributed by atoms with Crippen molar-refractivity contribution in [3.8, 4) is 0 Å². The number of benzene rings is 1. The number of carbonyl (C=O) groups is 3. The molecule has 0 bridgehead atoms. The second-order valence-corrected chi connectivity index (χ2v) is 4.61. The van der Waals surface area contributed by atoms with Crippen LogP contribution in [-0.4, -0.2) is 36.0 Å². The molecule has 1 unspecified atom stereocenters. The van der Waals surface area contributed by atoms with Crippen LogP contribution in [0.1, 0.15) is 28.4 Å². The molecule has 3 N–H and O–H groups in total. The normalized spacial score (nSPS) is 12.0. The van der Waals surface area contributed by atoms with Gasteiger partial charge in [-0.2, -0.15) is 0 Å². The van der Waals surface area contributed by atoms with Gasteiger partial charge in [0.1, 0.15) is 6.04 Å². The Bertz CT molecular complexity index is 593. The van der Waals surface area contributed by atoms with Crippen LogP contribution in [0.5, 0.6) is 0 Å². The van der Waals surface area contributed by atoms with E-state index in [2.05, 4.69) is 10.6 Å². The Labute approximate surface area is 122 Å². The summed E-state index contributed by atoms with van der Waals surface area (Å²) in [7, 11) is 1.49. The first-order valence-corrected chi connectivity index (χ1v) is 6.38. The summed E-state index contributed by atoms with van der Waals surface area (Å²) in [4.78, 5) is 34.0. The highest BCUT2D eigenvalue weighted by Crippen LogP contribution is 2.12. The maximum Gasteiger partial charge on any atom is 0.328 e. The van der Waals surface area contributed by atoms with E-state index in [1.807, 2.05) is 0 Å². The third kappa shape index (κ3) is 5.10. The summed E-state index contributed by atoms with van der Waals surface area (Å²) in [6, 6.07) is 4.35. The van der Waals surface area contributed by atoms with Gasteiger partial charge in [0.15, 0.2) is 0 Å². The van der Waals surface area contributed by atoms with Gasteiger partial charge in [-0.25, -0.2) is 4.79 Å². The molecule has 0 fully saturated rings. The van der Waals surface area contributed by atoms with Gasteiger partial charge in [-0.05, 0) is 43.2 Å². The van der Waals surface area contributed by atoms with Crippen LogP contribution in [0.25, 0.3) is 6.08 Å². The van der Waals surface area contributed by atoms with Crippen molar-refractivity contribution >= 4 is 23.9 Å². The van der Waals surface area contributed by atoms with Gasteiger partial charge < -0.3 is 15.7 Å². The maximum absolute atomic E-state index is 12.1. The lowest BCUT2D eigenvalue weighted by atomic mass is 10.1. The van der Waals surface area contributed by atoms with Crippen LogP contribution >= 0.6 is 0 Å². The molecule has 0 aromatic heterocycles. The van der Waals surface area contributed by atoms with Crippen molar-refractivity contribution in [3.63, 3.8) is 0 Å². The van der Waals surface area contributed by atoms with E-state index < -0.39 is 12.0 Å². The number of aliphatic carboxylic acids is 1. The molecule has 0 spiro atoms. The number of aryl methyl sites for hydroxylation is 1. The molecule has 1 aromatic rings. The van der Waals surface area contributed by atoms with E-state index >= 15 is 0 Å². The van der Waals surface area contributed by atoms with Crippen molar-refractivity contribution in [2.75, 3.05) is 7.05 Å². The number of carbonyl (C=O) groups excluding carboxylic acids is 2. The van der Waals surface area contributed by atoms with Crippen molar-refractivity contribution in [1.29, 1.82) is 0 Å². The van der Waals surface area contributed by atoms with Gasteiger partial charge in [0.25, 0.3) is 5.91 Å². The average Bonchev–Trinajstić information content (AvgIpc) is 2.43. The van der Waals surface area contributed by atoms with Crippen LogP contribution in [0.2, 0.25) is 0 Å². The first-order valence-electron chi connectivity index (χ1n) is 6.38. The van der Waals surface area contributed by atoms with Gasteiger partial charge in [0.2, 0.25) is 5.91 Å². The van der Waals surface area contributed by atoms with E-state index in [4.69, 9.17) is 5.11 Å². The van der Waals surface area contributed by atoms with E-state index in [1.165, 1.54) is 13.1 Å². The molecule has 0 saturated heterocycles. The number of likely N-dealkylation sites (N-methyl/N-ethyl adjacent to an activating group) is 1. The van der Waals surface area contributed by atoms with E-state index in [0.717, 1.165) is 11.6 Å². The highest BCUT2D eigenvalue weighted by Gasteiger charge is 2.15. The lowest BCUT2D eigenvalue weighted by molar-refractivity contribution is -0.131. The summed E-state index contributed by atoms with van der Waals surface area (Å²) < 4.78 is 0. The largest absolute Gasteiger partial charge is 0.478 e. The Balaban J connectivity index is 2.94. The summed E-state index contributed by atoms with van der Waals surface area (Å²) in [6.07, 6.45) is 2.41. The minimum Gasteiger partial charge on any atom is -0.478 e. The number of hydrogen-bond acceptors (Lipinski definition) is 3. The van der Waals surface area contributed by atoms with Crippen molar-refractivity contribution in [1.82, 2.24) is 10.6 Å². The van der Waals surface area contributed by atoms with E-state index in [1.54, 1.807) is 32.0 Å². The number of hydrogen-bond donors (Lipinski definition) is 3. The Morgan fingerprint density at radius 1 is 1.24 bits per heavy atom. The highest BCUT2D eigenvalue weighted by atomic mass is 16.4. The maximum atomic E-state index is 12.1. The zero-order valence-corrected chi connectivity index (χ0v) is 12.1. The molecule has 0 aliphatic heterocycles. The fourth-order valence-corrected chi connectivity index (χ4v) is 1.77. The predicted octanol–water partition coefficient (Wildman–Crippen LogP) is 0.957. The predicted molar refractivity (Wildman–Crippen MR) is 78.8 cm³/mol. The quantitative estimate of drug-likeness (QED) is 0.704. The van der Waals surface area contributed by atoms with Crippen molar-refractivity contribution in [2.45, 2.75) is 19.9 Å². The Morgan fingerprint density at radius 3 is 2.48 bits per heavy atom. The molecule has 6 nitrogen and oxygen atoms in total. The Morgan fingerprint density at radius 2 is 1.90 bits per heavy atom. The fraction of sp³-hybridized carbons (Fsp3) is 0.267. The van der Waals surface area contributed by atoms with Crippen LogP contribution in [0.3, 0.4) is 0 Å². The molecule has 1 rings (SSSR count). The van der Waals surface area contributed by atoms with Crippen LogP contribution in [0.15, 0.2) is 24.3 Å². The molecule has 2 amide bonds. The minimum absolute atomic E-state index is 0.290. The Kier molecular flexibility index (Phi) is 5.66. The van der Waals surface area contributed by atoms with Crippen LogP contribution in [0.4, 0.5) is 0 Å². The molecule has 0 aliphatic carbocycles. The van der Waals surface area contributed by atoms with Gasteiger partial charge in [0, 0.05) is 18.7 Å². The summed E-state index contributed by atoms with van der Waals surface area (Å²) in [5.74, 6) is -1.74. The van der Waals surface area contributed by atoms with Crippen LogP contribution in [-0.2, 0) is 9.59 Å². The highest BCUT2D eigenvalue weighted by molar-refractivity contribution is 5.98. The molecule has 6 heteroatoms. The first-order chi connectivity index (χ1) is 9.83. The summed E-state index contributed by atoms with van der Waals surface area (Å²) in [5.41, 5.74) is 1.80.